The SMILES string of the molecule is C[C@H](NC(=O)COC(=O)c1ccc(-c2ccc(O)cc2)cc1)c1cccc(Cl)c1. The van der Waals surface area contributed by atoms with E-state index in [9.17, 15) is 14.7 Å². The Kier molecular flexibility index (Phi) is 6.52. The van der Waals surface area contributed by atoms with Gasteiger partial charge in [0.2, 0.25) is 0 Å². The van der Waals surface area contributed by atoms with Gasteiger partial charge in [0.25, 0.3) is 5.91 Å². The fourth-order valence-corrected chi connectivity index (χ4v) is 3.01. The summed E-state index contributed by atoms with van der Waals surface area (Å²) in [7, 11) is 0. The van der Waals surface area contributed by atoms with Crippen LogP contribution in [0.3, 0.4) is 0 Å². The molecule has 0 radical (unpaired) electrons. The van der Waals surface area contributed by atoms with Crippen molar-refractivity contribution in [3.05, 3.63) is 88.9 Å². The van der Waals surface area contributed by atoms with Crippen molar-refractivity contribution >= 4 is 23.5 Å². The topological polar surface area (TPSA) is 75.6 Å². The predicted octanol–water partition coefficient (Wildman–Crippen LogP) is 4.75. The second kappa shape index (κ2) is 9.26. The first kappa shape index (κ1) is 20.4. The first-order chi connectivity index (χ1) is 13.9. The molecule has 6 heteroatoms. The molecule has 0 heterocycles. The minimum absolute atomic E-state index is 0.192. The van der Waals surface area contributed by atoms with Crippen LogP contribution in [0.2, 0.25) is 5.02 Å². The van der Waals surface area contributed by atoms with Gasteiger partial charge in [-0.2, -0.15) is 0 Å². The van der Waals surface area contributed by atoms with E-state index in [4.69, 9.17) is 16.3 Å². The number of nitrogens with one attached hydrogen (secondary N) is 1. The quantitative estimate of drug-likeness (QED) is 0.576. The highest BCUT2D eigenvalue weighted by Gasteiger charge is 2.13. The standard InChI is InChI=1S/C23H20ClNO4/c1-15(19-3-2-4-20(24)13-19)25-22(27)14-29-23(28)18-7-5-16(6-8-18)17-9-11-21(26)12-10-17/h2-13,15,26H,14H2,1H3,(H,25,27)/t15-/m0/s1. The lowest BCUT2D eigenvalue weighted by Crippen LogP contribution is -2.31. The summed E-state index contributed by atoms with van der Waals surface area (Å²) in [6.07, 6.45) is 0. The molecule has 0 spiro atoms. The Morgan fingerprint density at radius 1 is 1.00 bits per heavy atom. The highest BCUT2D eigenvalue weighted by Crippen LogP contribution is 2.22. The fourth-order valence-electron chi connectivity index (χ4n) is 2.81. The summed E-state index contributed by atoms with van der Waals surface area (Å²) in [5.41, 5.74) is 3.02. The number of carbonyl (C=O) groups excluding carboxylic acids is 2. The summed E-state index contributed by atoms with van der Waals surface area (Å²) in [6.45, 7) is 1.46. The van der Waals surface area contributed by atoms with Gasteiger partial charge in [0, 0.05) is 5.02 Å². The predicted molar refractivity (Wildman–Crippen MR) is 112 cm³/mol. The zero-order valence-corrected chi connectivity index (χ0v) is 16.5. The molecule has 3 aromatic carbocycles. The highest BCUT2D eigenvalue weighted by atomic mass is 35.5. The van der Waals surface area contributed by atoms with Gasteiger partial charge < -0.3 is 15.2 Å². The molecular weight excluding hydrogens is 390 g/mol. The van der Waals surface area contributed by atoms with Crippen molar-refractivity contribution in [2.24, 2.45) is 0 Å². The number of phenolic OH excluding ortho intramolecular Hbond substituents is 1. The molecule has 0 aromatic heterocycles. The van der Waals surface area contributed by atoms with Gasteiger partial charge in [0.1, 0.15) is 5.75 Å². The highest BCUT2D eigenvalue weighted by molar-refractivity contribution is 6.30. The lowest BCUT2D eigenvalue weighted by Gasteiger charge is -2.14. The first-order valence-electron chi connectivity index (χ1n) is 9.04. The van der Waals surface area contributed by atoms with Crippen molar-refractivity contribution in [1.82, 2.24) is 5.32 Å². The van der Waals surface area contributed by atoms with Crippen LogP contribution in [0.4, 0.5) is 0 Å². The van der Waals surface area contributed by atoms with E-state index in [0.717, 1.165) is 16.7 Å². The molecule has 148 valence electrons. The number of benzene rings is 3. The van der Waals surface area contributed by atoms with E-state index in [1.807, 2.05) is 19.1 Å². The molecule has 3 rings (SSSR count). The zero-order chi connectivity index (χ0) is 20.8. The molecular formula is C23H20ClNO4. The Morgan fingerprint density at radius 3 is 2.24 bits per heavy atom. The number of carbonyl (C=O) groups is 2. The van der Waals surface area contributed by atoms with Crippen LogP contribution in [0.15, 0.2) is 72.8 Å². The Balaban J connectivity index is 1.53. The molecule has 0 unspecified atom stereocenters. The van der Waals surface area contributed by atoms with Crippen LogP contribution < -0.4 is 5.32 Å². The number of ether oxygens (including phenoxy) is 1. The van der Waals surface area contributed by atoms with E-state index >= 15 is 0 Å². The van der Waals surface area contributed by atoms with Crippen molar-refractivity contribution in [2.75, 3.05) is 6.61 Å². The monoisotopic (exact) mass is 409 g/mol. The fraction of sp³-hybridized carbons (Fsp3) is 0.130. The first-order valence-corrected chi connectivity index (χ1v) is 9.41. The average Bonchev–Trinajstić information content (AvgIpc) is 2.72. The summed E-state index contributed by atoms with van der Waals surface area (Å²) in [4.78, 5) is 24.3. The summed E-state index contributed by atoms with van der Waals surface area (Å²) in [5, 5.41) is 12.7. The number of esters is 1. The van der Waals surface area contributed by atoms with E-state index in [2.05, 4.69) is 5.32 Å². The normalized spacial score (nSPS) is 11.5. The number of hydrogen-bond acceptors (Lipinski definition) is 4. The Labute approximate surface area is 173 Å². The van der Waals surface area contributed by atoms with E-state index in [-0.39, 0.29) is 18.4 Å². The molecule has 0 fully saturated rings. The van der Waals surface area contributed by atoms with E-state index in [1.165, 1.54) is 0 Å². The van der Waals surface area contributed by atoms with Gasteiger partial charge in [0.15, 0.2) is 6.61 Å². The second-order valence-corrected chi connectivity index (χ2v) is 6.98. The molecule has 0 aliphatic heterocycles. The lowest BCUT2D eigenvalue weighted by atomic mass is 10.0. The van der Waals surface area contributed by atoms with Crippen molar-refractivity contribution in [3.63, 3.8) is 0 Å². The summed E-state index contributed by atoms with van der Waals surface area (Å²) in [5.74, 6) is -0.781. The van der Waals surface area contributed by atoms with Gasteiger partial charge >= 0.3 is 5.97 Å². The van der Waals surface area contributed by atoms with E-state index in [0.29, 0.717) is 10.6 Å². The number of hydrogen-bond donors (Lipinski definition) is 2. The third-order valence-electron chi connectivity index (χ3n) is 4.38. The van der Waals surface area contributed by atoms with Gasteiger partial charge in [-0.1, -0.05) is 48.0 Å². The molecule has 0 aliphatic rings. The summed E-state index contributed by atoms with van der Waals surface area (Å²) < 4.78 is 5.10. The van der Waals surface area contributed by atoms with Crippen LogP contribution in [-0.2, 0) is 9.53 Å². The van der Waals surface area contributed by atoms with Gasteiger partial charge in [-0.15, -0.1) is 0 Å². The molecule has 3 aromatic rings. The maximum atomic E-state index is 12.2. The van der Waals surface area contributed by atoms with Crippen molar-refractivity contribution in [3.8, 4) is 16.9 Å². The molecule has 0 aliphatic carbocycles. The van der Waals surface area contributed by atoms with Gasteiger partial charge in [0.05, 0.1) is 11.6 Å². The number of halogens is 1. The maximum absolute atomic E-state index is 12.2. The largest absolute Gasteiger partial charge is 0.508 e. The summed E-state index contributed by atoms with van der Waals surface area (Å²) >= 11 is 5.96. The van der Waals surface area contributed by atoms with Crippen LogP contribution in [0.1, 0.15) is 28.9 Å². The molecule has 0 saturated carbocycles. The minimum atomic E-state index is -0.576. The van der Waals surface area contributed by atoms with Crippen molar-refractivity contribution in [1.29, 1.82) is 0 Å². The number of rotatable bonds is 6. The number of aromatic hydroxyl groups is 1. The number of amides is 1. The lowest BCUT2D eigenvalue weighted by molar-refractivity contribution is -0.124. The number of phenols is 1. The van der Waals surface area contributed by atoms with Crippen LogP contribution in [0.25, 0.3) is 11.1 Å². The van der Waals surface area contributed by atoms with Crippen LogP contribution in [0, 0.1) is 0 Å². The van der Waals surface area contributed by atoms with Crippen LogP contribution in [0.5, 0.6) is 5.75 Å². The Hall–Kier alpha value is -3.31. The Bertz CT molecular complexity index is 1000. The third-order valence-corrected chi connectivity index (χ3v) is 4.62. The van der Waals surface area contributed by atoms with Crippen LogP contribution >= 0.6 is 11.6 Å². The van der Waals surface area contributed by atoms with Gasteiger partial charge in [-0.05, 0) is 60.0 Å². The molecule has 0 bridgehead atoms. The van der Waals surface area contributed by atoms with Crippen molar-refractivity contribution in [2.45, 2.75) is 13.0 Å². The molecule has 1 atom stereocenters. The van der Waals surface area contributed by atoms with Gasteiger partial charge in [-0.25, -0.2) is 4.79 Å². The van der Waals surface area contributed by atoms with Gasteiger partial charge in [-0.3, -0.25) is 4.79 Å². The average molecular weight is 410 g/mol. The maximum Gasteiger partial charge on any atom is 0.338 e. The molecule has 5 nitrogen and oxygen atoms in total. The minimum Gasteiger partial charge on any atom is -0.508 e. The Morgan fingerprint density at radius 2 is 1.62 bits per heavy atom. The molecule has 1 amide bonds. The van der Waals surface area contributed by atoms with Crippen LogP contribution in [-0.4, -0.2) is 23.6 Å². The molecule has 0 saturated heterocycles. The summed E-state index contributed by atoms with van der Waals surface area (Å²) in [6, 6.07) is 20.5. The smallest absolute Gasteiger partial charge is 0.338 e. The van der Waals surface area contributed by atoms with E-state index in [1.54, 1.807) is 60.7 Å². The second-order valence-electron chi connectivity index (χ2n) is 6.54. The van der Waals surface area contributed by atoms with Crippen molar-refractivity contribution < 1.29 is 19.4 Å². The zero-order valence-electron chi connectivity index (χ0n) is 15.8. The third kappa shape index (κ3) is 5.59. The molecule has 29 heavy (non-hydrogen) atoms. The molecule has 2 N–H and O–H groups in total. The van der Waals surface area contributed by atoms with E-state index < -0.39 is 11.9 Å².